The van der Waals surface area contributed by atoms with Crippen LogP contribution in [0.2, 0.25) is 5.02 Å². The number of ketones is 1. The van der Waals surface area contributed by atoms with Crippen molar-refractivity contribution < 1.29 is 14.7 Å². The summed E-state index contributed by atoms with van der Waals surface area (Å²) >= 11 is 5.92. The summed E-state index contributed by atoms with van der Waals surface area (Å²) in [7, 11) is 3.90. The molecule has 28 heavy (non-hydrogen) atoms. The van der Waals surface area contributed by atoms with Crippen molar-refractivity contribution in [1.29, 1.82) is 0 Å². The summed E-state index contributed by atoms with van der Waals surface area (Å²) in [5.41, 5.74) is 1.19. The van der Waals surface area contributed by atoms with Crippen LogP contribution in [0.5, 0.6) is 0 Å². The Labute approximate surface area is 169 Å². The normalized spacial score (nSPS) is 18.9. The number of hydrogen-bond acceptors (Lipinski definition) is 5. The standard InChI is InChI=1S/C21H22ClN3O3/c1-24(2)11-4-12-25-18(15-5-3-10-23-13-15)17(20(27)21(25)28)19(26)14-6-8-16(22)9-7-14/h3,5-10,13,18,26H,4,11-12H2,1-2H3/b19-17+/t18-/m0/s1. The van der Waals surface area contributed by atoms with E-state index < -0.39 is 17.7 Å². The number of benzene rings is 1. The zero-order valence-corrected chi connectivity index (χ0v) is 16.6. The Hall–Kier alpha value is -2.70. The lowest BCUT2D eigenvalue weighted by Gasteiger charge is -2.25. The minimum absolute atomic E-state index is 0.0742. The largest absolute Gasteiger partial charge is 0.507 e. The second kappa shape index (κ2) is 8.54. The summed E-state index contributed by atoms with van der Waals surface area (Å²) in [6.07, 6.45) is 3.95. The number of carbonyl (C=O) groups excluding carboxylic acids is 2. The molecule has 1 amide bonds. The molecule has 1 atom stereocenters. The molecule has 0 unspecified atom stereocenters. The van der Waals surface area contributed by atoms with Crippen molar-refractivity contribution in [2.75, 3.05) is 27.2 Å². The van der Waals surface area contributed by atoms with E-state index in [0.717, 1.165) is 6.54 Å². The zero-order valence-electron chi connectivity index (χ0n) is 15.8. The highest BCUT2D eigenvalue weighted by Gasteiger charge is 2.45. The lowest BCUT2D eigenvalue weighted by atomic mass is 9.96. The van der Waals surface area contributed by atoms with E-state index >= 15 is 0 Å². The first-order valence-corrected chi connectivity index (χ1v) is 9.37. The van der Waals surface area contributed by atoms with Gasteiger partial charge >= 0.3 is 0 Å². The van der Waals surface area contributed by atoms with Crippen LogP contribution in [0.4, 0.5) is 0 Å². The van der Waals surface area contributed by atoms with Crippen molar-refractivity contribution in [3.8, 4) is 0 Å². The first-order chi connectivity index (χ1) is 13.4. The van der Waals surface area contributed by atoms with Gasteiger partial charge in [-0.2, -0.15) is 0 Å². The monoisotopic (exact) mass is 399 g/mol. The van der Waals surface area contributed by atoms with Gasteiger partial charge in [-0.05, 0) is 63.0 Å². The van der Waals surface area contributed by atoms with E-state index in [9.17, 15) is 14.7 Å². The molecule has 146 valence electrons. The lowest BCUT2D eigenvalue weighted by Crippen LogP contribution is -2.32. The number of aliphatic hydroxyl groups excluding tert-OH is 1. The van der Waals surface area contributed by atoms with Crippen LogP contribution >= 0.6 is 11.6 Å². The molecule has 1 fully saturated rings. The van der Waals surface area contributed by atoms with Gasteiger partial charge in [0.25, 0.3) is 11.7 Å². The van der Waals surface area contributed by atoms with Crippen molar-refractivity contribution in [3.05, 3.63) is 70.5 Å². The van der Waals surface area contributed by atoms with Crippen LogP contribution < -0.4 is 0 Å². The molecule has 0 bridgehead atoms. The molecule has 3 rings (SSSR count). The number of hydrogen-bond donors (Lipinski definition) is 1. The van der Waals surface area contributed by atoms with Crippen molar-refractivity contribution in [1.82, 2.24) is 14.8 Å². The minimum Gasteiger partial charge on any atom is -0.507 e. The number of carbonyl (C=O) groups is 2. The van der Waals surface area contributed by atoms with E-state index in [2.05, 4.69) is 4.98 Å². The molecule has 1 aliphatic rings. The Kier molecular flexibility index (Phi) is 6.11. The summed E-state index contributed by atoms with van der Waals surface area (Å²) in [6, 6.07) is 9.38. The number of aromatic nitrogens is 1. The Bertz CT molecular complexity index is 895. The number of halogens is 1. The first kappa shape index (κ1) is 20.0. The first-order valence-electron chi connectivity index (χ1n) is 8.99. The SMILES string of the molecule is CN(C)CCCN1C(=O)C(=O)/C(=C(/O)c2ccc(Cl)cc2)[C@@H]1c1cccnc1. The Morgan fingerprint density at radius 2 is 1.93 bits per heavy atom. The Morgan fingerprint density at radius 1 is 1.21 bits per heavy atom. The smallest absolute Gasteiger partial charge is 0.295 e. The van der Waals surface area contributed by atoms with Gasteiger partial charge in [-0.15, -0.1) is 0 Å². The Balaban J connectivity index is 2.06. The van der Waals surface area contributed by atoms with E-state index in [-0.39, 0.29) is 11.3 Å². The molecule has 6 nitrogen and oxygen atoms in total. The fourth-order valence-corrected chi connectivity index (χ4v) is 3.44. The summed E-state index contributed by atoms with van der Waals surface area (Å²) in [5.74, 6) is -1.51. The van der Waals surface area contributed by atoms with Crippen LogP contribution in [0.1, 0.15) is 23.6 Å². The van der Waals surface area contributed by atoms with Crippen molar-refractivity contribution in [2.24, 2.45) is 0 Å². The predicted molar refractivity (Wildman–Crippen MR) is 108 cm³/mol. The third kappa shape index (κ3) is 4.08. The maximum Gasteiger partial charge on any atom is 0.295 e. The molecule has 7 heteroatoms. The number of Topliss-reactive ketones (excluding diaryl/α,β-unsaturated/α-hetero) is 1. The summed E-state index contributed by atoms with van der Waals surface area (Å²) in [4.78, 5) is 33.2. The third-order valence-corrected chi connectivity index (χ3v) is 4.91. The highest BCUT2D eigenvalue weighted by Crippen LogP contribution is 2.39. The molecule has 1 aromatic heterocycles. The average Bonchev–Trinajstić information content (AvgIpc) is 2.93. The number of likely N-dealkylation sites (tertiary alicyclic amines) is 1. The summed E-state index contributed by atoms with van der Waals surface area (Å²) < 4.78 is 0. The molecule has 0 saturated carbocycles. The van der Waals surface area contributed by atoms with Crippen LogP contribution in [0.3, 0.4) is 0 Å². The van der Waals surface area contributed by atoms with E-state index in [1.165, 1.54) is 4.90 Å². The number of rotatable bonds is 6. The predicted octanol–water partition coefficient (Wildman–Crippen LogP) is 3.11. The van der Waals surface area contributed by atoms with Crippen molar-refractivity contribution >= 4 is 29.1 Å². The molecule has 0 radical (unpaired) electrons. The van der Waals surface area contributed by atoms with Gasteiger partial charge in [-0.1, -0.05) is 17.7 Å². The summed E-state index contributed by atoms with van der Waals surface area (Å²) in [5, 5.41) is 11.4. The number of pyridine rings is 1. The molecule has 2 aromatic rings. The highest BCUT2D eigenvalue weighted by molar-refractivity contribution is 6.46. The third-order valence-electron chi connectivity index (χ3n) is 4.66. The maximum absolute atomic E-state index is 12.8. The van der Waals surface area contributed by atoms with Gasteiger partial charge in [0.1, 0.15) is 5.76 Å². The van der Waals surface area contributed by atoms with Crippen LogP contribution in [0.15, 0.2) is 54.4 Å². The van der Waals surface area contributed by atoms with E-state index in [1.807, 2.05) is 19.0 Å². The molecule has 2 heterocycles. The van der Waals surface area contributed by atoms with Gasteiger partial charge in [-0.25, -0.2) is 0 Å². The van der Waals surface area contributed by atoms with E-state index in [1.54, 1.807) is 48.8 Å². The quantitative estimate of drug-likeness (QED) is 0.459. The topological polar surface area (TPSA) is 73.7 Å². The highest BCUT2D eigenvalue weighted by atomic mass is 35.5. The Morgan fingerprint density at radius 3 is 2.54 bits per heavy atom. The van der Waals surface area contributed by atoms with Crippen LogP contribution in [-0.2, 0) is 9.59 Å². The second-order valence-corrected chi connectivity index (χ2v) is 7.38. The molecular weight excluding hydrogens is 378 g/mol. The van der Waals surface area contributed by atoms with Gasteiger partial charge in [0.2, 0.25) is 0 Å². The second-order valence-electron chi connectivity index (χ2n) is 6.94. The number of aliphatic hydroxyl groups is 1. The fraction of sp³-hybridized carbons (Fsp3) is 0.286. The minimum atomic E-state index is -0.689. The van der Waals surface area contributed by atoms with Crippen LogP contribution in [0.25, 0.3) is 5.76 Å². The van der Waals surface area contributed by atoms with Gasteiger partial charge in [-0.3, -0.25) is 14.6 Å². The van der Waals surface area contributed by atoms with E-state index in [0.29, 0.717) is 29.1 Å². The molecular formula is C21H22ClN3O3. The number of nitrogens with zero attached hydrogens (tertiary/aromatic N) is 3. The maximum atomic E-state index is 12.8. The average molecular weight is 400 g/mol. The summed E-state index contributed by atoms with van der Waals surface area (Å²) in [6.45, 7) is 1.18. The van der Waals surface area contributed by atoms with Gasteiger partial charge in [0.05, 0.1) is 11.6 Å². The van der Waals surface area contributed by atoms with Gasteiger partial charge in [0, 0.05) is 29.5 Å². The zero-order chi connectivity index (χ0) is 20.3. The molecule has 1 N–H and O–H groups in total. The van der Waals surface area contributed by atoms with Crippen molar-refractivity contribution in [2.45, 2.75) is 12.5 Å². The van der Waals surface area contributed by atoms with Crippen LogP contribution in [0, 0.1) is 0 Å². The molecule has 1 saturated heterocycles. The van der Waals surface area contributed by atoms with E-state index in [4.69, 9.17) is 11.6 Å². The van der Waals surface area contributed by atoms with Crippen LogP contribution in [-0.4, -0.2) is 58.8 Å². The van der Waals surface area contributed by atoms with Gasteiger partial charge < -0.3 is 14.9 Å². The fourth-order valence-electron chi connectivity index (χ4n) is 3.32. The lowest BCUT2D eigenvalue weighted by molar-refractivity contribution is -0.139. The molecule has 0 spiro atoms. The van der Waals surface area contributed by atoms with Crippen molar-refractivity contribution in [3.63, 3.8) is 0 Å². The van der Waals surface area contributed by atoms with Gasteiger partial charge in [0.15, 0.2) is 0 Å². The molecule has 0 aliphatic carbocycles. The molecule has 1 aromatic carbocycles. The number of amides is 1. The molecule has 1 aliphatic heterocycles.